The standard InChI is InChI=1S/C15H17N3O/c1-11-5-6-13(8-12(11)2)9-15(19)18-17-10-14-4-3-7-16-14/h3-8,10,16H,9H2,1-2H3,(H,18,19)/b17-10-. The summed E-state index contributed by atoms with van der Waals surface area (Å²) in [6.07, 6.45) is 3.72. The van der Waals surface area contributed by atoms with Crippen molar-refractivity contribution in [3.05, 3.63) is 58.9 Å². The lowest BCUT2D eigenvalue weighted by atomic mass is 10.0. The molecule has 2 aromatic rings. The van der Waals surface area contributed by atoms with E-state index in [2.05, 4.69) is 22.4 Å². The van der Waals surface area contributed by atoms with Gasteiger partial charge in [0.2, 0.25) is 5.91 Å². The highest BCUT2D eigenvalue weighted by atomic mass is 16.2. The molecule has 0 aliphatic rings. The maximum Gasteiger partial charge on any atom is 0.244 e. The lowest BCUT2D eigenvalue weighted by molar-refractivity contribution is -0.120. The number of hydrazone groups is 1. The minimum Gasteiger partial charge on any atom is -0.360 e. The predicted octanol–water partition coefficient (Wildman–Crippen LogP) is 2.32. The molecule has 0 aliphatic heterocycles. The van der Waals surface area contributed by atoms with E-state index in [4.69, 9.17) is 0 Å². The fourth-order valence-corrected chi connectivity index (χ4v) is 1.74. The van der Waals surface area contributed by atoms with Gasteiger partial charge in [-0.1, -0.05) is 18.2 Å². The van der Waals surface area contributed by atoms with Crippen LogP contribution in [0.15, 0.2) is 41.6 Å². The second-order valence-corrected chi connectivity index (χ2v) is 4.51. The predicted molar refractivity (Wildman–Crippen MR) is 76.1 cm³/mol. The van der Waals surface area contributed by atoms with E-state index >= 15 is 0 Å². The van der Waals surface area contributed by atoms with E-state index in [1.54, 1.807) is 12.4 Å². The number of aryl methyl sites for hydroxylation is 2. The van der Waals surface area contributed by atoms with Crippen LogP contribution in [0.25, 0.3) is 0 Å². The third kappa shape index (κ3) is 3.81. The fraction of sp³-hybridized carbons (Fsp3) is 0.200. The van der Waals surface area contributed by atoms with Crippen molar-refractivity contribution in [3.8, 4) is 0 Å². The summed E-state index contributed by atoms with van der Waals surface area (Å²) in [5.41, 5.74) is 6.79. The van der Waals surface area contributed by atoms with Crippen LogP contribution in [0.4, 0.5) is 0 Å². The molecular formula is C15H17N3O. The first-order valence-corrected chi connectivity index (χ1v) is 6.16. The van der Waals surface area contributed by atoms with Gasteiger partial charge in [-0.25, -0.2) is 5.43 Å². The van der Waals surface area contributed by atoms with Crippen LogP contribution < -0.4 is 5.43 Å². The Kier molecular flexibility index (Phi) is 4.13. The molecule has 19 heavy (non-hydrogen) atoms. The number of benzene rings is 1. The van der Waals surface area contributed by atoms with Crippen molar-refractivity contribution in [2.24, 2.45) is 5.10 Å². The van der Waals surface area contributed by atoms with Gasteiger partial charge in [0, 0.05) is 6.20 Å². The van der Waals surface area contributed by atoms with Crippen molar-refractivity contribution in [1.82, 2.24) is 10.4 Å². The second kappa shape index (κ2) is 6.00. The Balaban J connectivity index is 1.89. The topological polar surface area (TPSA) is 57.2 Å². The van der Waals surface area contributed by atoms with Gasteiger partial charge in [0.05, 0.1) is 18.3 Å². The summed E-state index contributed by atoms with van der Waals surface area (Å²) in [7, 11) is 0. The van der Waals surface area contributed by atoms with Crippen molar-refractivity contribution in [2.45, 2.75) is 20.3 Å². The Bertz CT molecular complexity index is 585. The molecule has 0 bridgehead atoms. The smallest absolute Gasteiger partial charge is 0.244 e. The molecule has 98 valence electrons. The van der Waals surface area contributed by atoms with Crippen LogP contribution >= 0.6 is 0 Å². The molecule has 1 aromatic carbocycles. The van der Waals surface area contributed by atoms with E-state index in [1.165, 1.54) is 11.1 Å². The Morgan fingerprint density at radius 3 is 2.84 bits per heavy atom. The SMILES string of the molecule is Cc1ccc(CC(=O)N/N=C\c2ccc[nH]2)cc1C. The number of carbonyl (C=O) groups excluding carboxylic acids is 1. The number of rotatable bonds is 4. The van der Waals surface area contributed by atoms with E-state index in [0.29, 0.717) is 6.42 Å². The average Bonchev–Trinajstić information content (AvgIpc) is 2.87. The minimum atomic E-state index is -0.119. The van der Waals surface area contributed by atoms with E-state index in [1.807, 2.05) is 37.3 Å². The summed E-state index contributed by atoms with van der Waals surface area (Å²) in [6.45, 7) is 4.10. The Hall–Kier alpha value is -2.36. The quantitative estimate of drug-likeness (QED) is 0.639. The normalized spacial score (nSPS) is 10.8. The van der Waals surface area contributed by atoms with Crippen molar-refractivity contribution >= 4 is 12.1 Å². The number of nitrogens with one attached hydrogen (secondary N) is 2. The van der Waals surface area contributed by atoms with Crippen LogP contribution in [0.2, 0.25) is 0 Å². The zero-order valence-corrected chi connectivity index (χ0v) is 11.1. The second-order valence-electron chi connectivity index (χ2n) is 4.51. The monoisotopic (exact) mass is 255 g/mol. The van der Waals surface area contributed by atoms with Gasteiger partial charge in [-0.2, -0.15) is 5.10 Å². The largest absolute Gasteiger partial charge is 0.360 e. The number of aromatic amines is 1. The average molecular weight is 255 g/mol. The van der Waals surface area contributed by atoms with Crippen LogP contribution in [0.1, 0.15) is 22.4 Å². The highest BCUT2D eigenvalue weighted by Gasteiger charge is 2.03. The zero-order chi connectivity index (χ0) is 13.7. The van der Waals surface area contributed by atoms with Gasteiger partial charge in [-0.15, -0.1) is 0 Å². The third-order valence-corrected chi connectivity index (χ3v) is 2.95. The van der Waals surface area contributed by atoms with E-state index in [-0.39, 0.29) is 5.91 Å². The van der Waals surface area contributed by atoms with Crippen molar-refractivity contribution in [1.29, 1.82) is 0 Å². The number of hydrogen-bond acceptors (Lipinski definition) is 2. The first kappa shape index (κ1) is 13.1. The van der Waals surface area contributed by atoms with E-state index in [0.717, 1.165) is 11.3 Å². The highest BCUT2D eigenvalue weighted by Crippen LogP contribution is 2.10. The highest BCUT2D eigenvalue weighted by molar-refractivity contribution is 5.82. The number of H-pyrrole nitrogens is 1. The molecule has 0 aliphatic carbocycles. The lowest BCUT2D eigenvalue weighted by Crippen LogP contribution is -2.19. The molecule has 4 nitrogen and oxygen atoms in total. The minimum absolute atomic E-state index is 0.119. The molecule has 2 N–H and O–H groups in total. The van der Waals surface area contributed by atoms with Crippen LogP contribution in [-0.2, 0) is 11.2 Å². The molecule has 1 aromatic heterocycles. The van der Waals surface area contributed by atoms with Crippen LogP contribution in [-0.4, -0.2) is 17.1 Å². The molecule has 4 heteroatoms. The van der Waals surface area contributed by atoms with Crippen LogP contribution in [0.3, 0.4) is 0 Å². The Morgan fingerprint density at radius 2 is 2.16 bits per heavy atom. The summed E-state index contributed by atoms with van der Waals surface area (Å²) < 4.78 is 0. The number of hydrogen-bond donors (Lipinski definition) is 2. The van der Waals surface area contributed by atoms with Crippen LogP contribution in [0.5, 0.6) is 0 Å². The molecule has 0 atom stereocenters. The van der Waals surface area contributed by atoms with Gasteiger partial charge < -0.3 is 4.98 Å². The van der Waals surface area contributed by atoms with Gasteiger partial charge in [0.25, 0.3) is 0 Å². The van der Waals surface area contributed by atoms with Gasteiger partial charge in [0.1, 0.15) is 0 Å². The number of amides is 1. The fourth-order valence-electron chi connectivity index (χ4n) is 1.74. The first-order chi connectivity index (χ1) is 9.15. The van der Waals surface area contributed by atoms with Crippen molar-refractivity contribution in [2.75, 3.05) is 0 Å². The van der Waals surface area contributed by atoms with E-state index in [9.17, 15) is 4.79 Å². The summed E-state index contributed by atoms with van der Waals surface area (Å²) in [4.78, 5) is 14.7. The molecule has 1 amide bonds. The summed E-state index contributed by atoms with van der Waals surface area (Å²) >= 11 is 0. The van der Waals surface area contributed by atoms with Crippen molar-refractivity contribution in [3.63, 3.8) is 0 Å². The molecular weight excluding hydrogens is 238 g/mol. The van der Waals surface area contributed by atoms with Gasteiger partial charge in [-0.3, -0.25) is 4.79 Å². The molecule has 0 fully saturated rings. The van der Waals surface area contributed by atoms with Gasteiger partial charge >= 0.3 is 0 Å². The summed E-state index contributed by atoms with van der Waals surface area (Å²) in [5, 5.41) is 3.89. The third-order valence-electron chi connectivity index (χ3n) is 2.95. The molecule has 0 spiro atoms. The molecule has 0 unspecified atom stereocenters. The lowest BCUT2D eigenvalue weighted by Gasteiger charge is -2.04. The summed E-state index contributed by atoms with van der Waals surface area (Å²) in [6, 6.07) is 9.78. The van der Waals surface area contributed by atoms with E-state index < -0.39 is 0 Å². The molecule has 1 heterocycles. The number of nitrogens with zero attached hydrogens (tertiary/aromatic N) is 1. The maximum atomic E-state index is 11.7. The summed E-state index contributed by atoms with van der Waals surface area (Å²) in [5.74, 6) is -0.119. The molecule has 0 radical (unpaired) electrons. The maximum absolute atomic E-state index is 11.7. The number of carbonyl (C=O) groups is 1. The zero-order valence-electron chi connectivity index (χ0n) is 11.1. The Morgan fingerprint density at radius 1 is 1.32 bits per heavy atom. The first-order valence-electron chi connectivity index (χ1n) is 6.16. The van der Waals surface area contributed by atoms with Crippen LogP contribution in [0, 0.1) is 13.8 Å². The molecule has 0 saturated carbocycles. The van der Waals surface area contributed by atoms with Gasteiger partial charge in [-0.05, 0) is 42.7 Å². The van der Waals surface area contributed by atoms with Gasteiger partial charge in [0.15, 0.2) is 0 Å². The molecule has 0 saturated heterocycles. The molecule has 2 rings (SSSR count). The number of aromatic nitrogens is 1. The Labute approximate surface area is 112 Å². The van der Waals surface area contributed by atoms with Crippen molar-refractivity contribution < 1.29 is 4.79 Å².